The number of benzene rings is 3. The smallest absolute Gasteiger partial charge is 0.318 e. The summed E-state index contributed by atoms with van der Waals surface area (Å²) in [6.45, 7) is 7.14. The molecular weight excluding hydrogens is 520 g/mol. The lowest BCUT2D eigenvalue weighted by atomic mass is 9.85. The summed E-state index contributed by atoms with van der Waals surface area (Å²) < 4.78 is 0. The van der Waals surface area contributed by atoms with E-state index in [-0.39, 0.29) is 23.3 Å². The Balaban J connectivity index is 1.25. The summed E-state index contributed by atoms with van der Waals surface area (Å²) in [5, 5.41) is 3.12. The van der Waals surface area contributed by atoms with Crippen LogP contribution in [0.25, 0.3) is 11.1 Å². The quantitative estimate of drug-likeness (QED) is 0.275. The van der Waals surface area contributed by atoms with Crippen LogP contribution in [0, 0.1) is 11.8 Å². The number of hydrogen-bond donors (Lipinski definition) is 1. The molecule has 5 nitrogen and oxygen atoms in total. The normalized spacial score (nSPS) is 19.6. The minimum Gasteiger partial charge on any atom is -0.333 e. The van der Waals surface area contributed by atoms with Crippen LogP contribution in [0.4, 0.5) is 4.79 Å². The Kier molecular flexibility index (Phi) is 7.78. The van der Waals surface area contributed by atoms with Crippen molar-refractivity contribution in [2.45, 2.75) is 83.7 Å². The first-order chi connectivity index (χ1) is 20.2. The lowest BCUT2D eigenvalue weighted by Crippen LogP contribution is -2.50. The summed E-state index contributed by atoms with van der Waals surface area (Å²) in [6, 6.07) is 22.6. The lowest BCUT2D eigenvalue weighted by Gasteiger charge is -2.34. The zero-order valence-electron chi connectivity index (χ0n) is 25.1. The zero-order valence-corrected chi connectivity index (χ0v) is 25.1. The molecule has 0 saturated heterocycles. The Bertz CT molecular complexity index is 1500. The van der Waals surface area contributed by atoms with Crippen LogP contribution in [-0.2, 0) is 24.2 Å². The van der Waals surface area contributed by atoms with E-state index in [9.17, 15) is 14.4 Å². The highest BCUT2D eigenvalue weighted by Gasteiger charge is 2.43. The summed E-state index contributed by atoms with van der Waals surface area (Å²) in [4.78, 5) is 41.2. The molecule has 2 atom stereocenters. The van der Waals surface area contributed by atoms with Crippen LogP contribution < -0.4 is 5.32 Å². The van der Waals surface area contributed by atoms with E-state index in [1.807, 2.05) is 62.1 Å². The molecule has 3 aliphatic rings. The molecule has 2 fully saturated rings. The Morgan fingerprint density at radius 1 is 0.929 bits per heavy atom. The van der Waals surface area contributed by atoms with Gasteiger partial charge < -0.3 is 10.2 Å². The Morgan fingerprint density at radius 3 is 2.45 bits per heavy atom. The molecule has 1 unspecified atom stereocenters. The standard InChI is InChI=1S/C37H42N2O3/c1-37(2,3)38-36(42)39-19-18-30-29(27-10-7-11-28(21-27)35(41)20-24-12-13-24)16-14-26(33(30)23-39)15-17-34(40)32-22-31(32)25-8-5-4-6-9-25/h4-11,14,16,21,24,31-32H,12-13,15,17-20,22-23H2,1-3H3,(H,38,42)/t31-,32?/m0/s1. The number of nitrogens with one attached hydrogen (secondary N) is 1. The molecule has 2 saturated carbocycles. The van der Waals surface area contributed by atoms with Gasteiger partial charge in [-0.25, -0.2) is 4.79 Å². The van der Waals surface area contributed by atoms with E-state index < -0.39 is 0 Å². The van der Waals surface area contributed by atoms with E-state index in [1.54, 1.807) is 0 Å². The maximum Gasteiger partial charge on any atom is 0.318 e. The highest BCUT2D eigenvalue weighted by Crippen LogP contribution is 2.48. The van der Waals surface area contributed by atoms with E-state index in [1.165, 1.54) is 11.1 Å². The molecule has 6 rings (SSSR count). The van der Waals surface area contributed by atoms with Crippen molar-refractivity contribution in [1.29, 1.82) is 0 Å². The van der Waals surface area contributed by atoms with Crippen molar-refractivity contribution in [2.75, 3.05) is 6.54 Å². The third-order valence-corrected chi connectivity index (χ3v) is 9.02. The second-order valence-electron chi connectivity index (χ2n) is 13.6. The van der Waals surface area contributed by atoms with Crippen molar-refractivity contribution in [1.82, 2.24) is 10.2 Å². The average Bonchev–Trinajstić information content (AvgIpc) is 3.91. The molecule has 3 aromatic rings. The summed E-state index contributed by atoms with van der Waals surface area (Å²) in [7, 11) is 0. The van der Waals surface area contributed by atoms with E-state index in [0.717, 1.165) is 53.5 Å². The van der Waals surface area contributed by atoms with E-state index in [0.29, 0.717) is 50.0 Å². The predicted octanol–water partition coefficient (Wildman–Crippen LogP) is 7.51. The number of amides is 2. The van der Waals surface area contributed by atoms with Crippen LogP contribution in [0.5, 0.6) is 0 Å². The highest BCUT2D eigenvalue weighted by molar-refractivity contribution is 5.97. The van der Waals surface area contributed by atoms with E-state index in [4.69, 9.17) is 0 Å². The van der Waals surface area contributed by atoms with Gasteiger partial charge in [0.25, 0.3) is 0 Å². The average molecular weight is 563 g/mol. The molecule has 218 valence electrons. The number of urea groups is 1. The number of carbonyl (C=O) groups is 3. The number of rotatable bonds is 9. The minimum atomic E-state index is -0.318. The van der Waals surface area contributed by atoms with Gasteiger partial charge in [0.15, 0.2) is 5.78 Å². The molecule has 0 bridgehead atoms. The van der Waals surface area contributed by atoms with Gasteiger partial charge >= 0.3 is 6.03 Å². The van der Waals surface area contributed by atoms with Crippen LogP contribution in [0.3, 0.4) is 0 Å². The van der Waals surface area contributed by atoms with Crippen LogP contribution in [0.2, 0.25) is 0 Å². The van der Waals surface area contributed by atoms with Crippen molar-refractivity contribution >= 4 is 17.6 Å². The molecule has 0 radical (unpaired) electrons. The maximum absolute atomic E-state index is 13.2. The third-order valence-electron chi connectivity index (χ3n) is 9.02. The molecule has 2 aliphatic carbocycles. The first kappa shape index (κ1) is 28.4. The number of fused-ring (bicyclic) bond motifs is 1. The fourth-order valence-electron chi connectivity index (χ4n) is 6.44. The third kappa shape index (κ3) is 6.51. The summed E-state index contributed by atoms with van der Waals surface area (Å²) >= 11 is 0. The second-order valence-corrected chi connectivity index (χ2v) is 13.6. The van der Waals surface area contributed by atoms with Crippen molar-refractivity contribution < 1.29 is 14.4 Å². The monoisotopic (exact) mass is 562 g/mol. The second kappa shape index (κ2) is 11.5. The fourth-order valence-corrected chi connectivity index (χ4v) is 6.44. The van der Waals surface area contributed by atoms with Gasteiger partial charge in [0.1, 0.15) is 5.78 Å². The van der Waals surface area contributed by atoms with Crippen molar-refractivity contribution in [3.8, 4) is 11.1 Å². The molecule has 1 N–H and O–H groups in total. The fraction of sp³-hybridized carbons (Fsp3) is 0.432. The topological polar surface area (TPSA) is 66.5 Å². The van der Waals surface area contributed by atoms with Gasteiger partial charge in [-0.05, 0) is 104 Å². The molecule has 2 amide bonds. The molecule has 5 heteroatoms. The largest absolute Gasteiger partial charge is 0.333 e. The summed E-state index contributed by atoms with van der Waals surface area (Å²) in [5.41, 5.74) is 7.43. The van der Waals surface area contributed by atoms with E-state index in [2.05, 4.69) is 35.6 Å². The van der Waals surface area contributed by atoms with Gasteiger partial charge in [-0.15, -0.1) is 0 Å². The van der Waals surface area contributed by atoms with Gasteiger partial charge in [-0.1, -0.05) is 60.7 Å². The molecular formula is C37H42N2O3. The first-order valence-corrected chi connectivity index (χ1v) is 15.6. The van der Waals surface area contributed by atoms with E-state index >= 15 is 0 Å². The molecule has 1 heterocycles. The molecule has 0 spiro atoms. The minimum absolute atomic E-state index is 0.0584. The molecule has 42 heavy (non-hydrogen) atoms. The van der Waals surface area contributed by atoms with Crippen LogP contribution in [-0.4, -0.2) is 34.6 Å². The Hall–Kier alpha value is -3.73. The van der Waals surface area contributed by atoms with Gasteiger partial charge in [-0.3, -0.25) is 9.59 Å². The molecule has 0 aromatic heterocycles. The van der Waals surface area contributed by atoms with Gasteiger partial charge in [0.05, 0.1) is 0 Å². The van der Waals surface area contributed by atoms with Crippen LogP contribution in [0.1, 0.15) is 91.4 Å². The zero-order chi connectivity index (χ0) is 29.4. The lowest BCUT2D eigenvalue weighted by molar-refractivity contribution is -0.120. The number of nitrogens with zero attached hydrogens (tertiary/aromatic N) is 1. The summed E-state index contributed by atoms with van der Waals surface area (Å²) in [5.74, 6) is 1.58. The number of hydrogen-bond acceptors (Lipinski definition) is 3. The van der Waals surface area contributed by atoms with Crippen LogP contribution in [0.15, 0.2) is 66.7 Å². The Morgan fingerprint density at radius 2 is 1.71 bits per heavy atom. The molecule has 3 aromatic carbocycles. The van der Waals surface area contributed by atoms with Gasteiger partial charge in [-0.2, -0.15) is 0 Å². The highest BCUT2D eigenvalue weighted by atomic mass is 16.2. The van der Waals surface area contributed by atoms with Crippen molar-refractivity contribution in [2.24, 2.45) is 11.8 Å². The first-order valence-electron chi connectivity index (χ1n) is 15.6. The Labute approximate surface area is 249 Å². The van der Waals surface area contributed by atoms with Crippen molar-refractivity contribution in [3.63, 3.8) is 0 Å². The number of aryl methyl sites for hydroxylation is 1. The summed E-state index contributed by atoms with van der Waals surface area (Å²) in [6.07, 6.45) is 5.83. The van der Waals surface area contributed by atoms with Crippen LogP contribution >= 0.6 is 0 Å². The predicted molar refractivity (Wildman–Crippen MR) is 167 cm³/mol. The SMILES string of the molecule is CC(C)(C)NC(=O)N1CCc2c(-c3cccc(C(=O)CC4CC4)c3)ccc(CCC(=O)C3C[C@H]3c3ccccc3)c2C1. The number of carbonyl (C=O) groups excluding carboxylic acids is 3. The van der Waals surface area contributed by atoms with Gasteiger partial charge in [0, 0.05) is 43.0 Å². The number of Topliss-reactive ketones (excluding diaryl/α,β-unsaturated/α-hetero) is 2. The maximum atomic E-state index is 13.2. The number of ketones is 2. The van der Waals surface area contributed by atoms with Crippen molar-refractivity contribution in [3.05, 3.63) is 94.5 Å². The van der Waals surface area contributed by atoms with Gasteiger partial charge in [0.2, 0.25) is 0 Å². The molecule has 1 aliphatic heterocycles.